The van der Waals surface area contributed by atoms with E-state index in [1.165, 1.54) is 35.3 Å². The highest BCUT2D eigenvalue weighted by Crippen LogP contribution is 2.21. The van der Waals surface area contributed by atoms with Crippen LogP contribution in [-0.4, -0.2) is 52.4 Å². The second-order valence-electron chi connectivity index (χ2n) is 6.30. The Morgan fingerprint density at radius 1 is 1.13 bits per heavy atom. The van der Waals surface area contributed by atoms with E-state index in [9.17, 15) is 13.2 Å². The van der Waals surface area contributed by atoms with Gasteiger partial charge in [-0.1, -0.05) is 23.2 Å². The molecule has 0 unspecified atom stereocenters. The van der Waals surface area contributed by atoms with Crippen LogP contribution in [-0.2, 0) is 9.84 Å². The van der Waals surface area contributed by atoms with Crippen molar-refractivity contribution >= 4 is 44.9 Å². The molecule has 0 aliphatic carbocycles. The van der Waals surface area contributed by atoms with Crippen LogP contribution in [0.2, 0.25) is 10.0 Å². The zero-order valence-electron chi connectivity index (χ0n) is 16.1. The predicted molar refractivity (Wildman–Crippen MR) is 112 cm³/mol. The van der Waals surface area contributed by atoms with Crippen LogP contribution in [0, 0.1) is 0 Å². The summed E-state index contributed by atoms with van der Waals surface area (Å²) in [4.78, 5) is 25.3. The molecule has 30 heavy (non-hydrogen) atoms. The van der Waals surface area contributed by atoms with Gasteiger partial charge in [0.15, 0.2) is 15.7 Å². The Morgan fingerprint density at radius 3 is 2.40 bits per heavy atom. The van der Waals surface area contributed by atoms with Crippen molar-refractivity contribution in [3.8, 4) is 5.95 Å². The molecular weight excluding hydrogens is 453 g/mol. The molecule has 158 valence electrons. The fourth-order valence-electron chi connectivity index (χ4n) is 2.52. The number of halogens is 2. The van der Waals surface area contributed by atoms with Crippen LogP contribution < -0.4 is 10.6 Å². The molecule has 2 heterocycles. The van der Waals surface area contributed by atoms with Crippen LogP contribution in [0.1, 0.15) is 29.1 Å². The molecule has 0 fully saturated rings. The molecule has 0 saturated carbocycles. The van der Waals surface area contributed by atoms with Gasteiger partial charge in [-0.25, -0.2) is 18.4 Å². The second kappa shape index (κ2) is 8.54. The number of amides is 1. The Balaban J connectivity index is 1.92. The number of hydrogen-bond donors (Lipinski definition) is 2. The van der Waals surface area contributed by atoms with Gasteiger partial charge in [0.05, 0.1) is 28.4 Å². The molecule has 2 aromatic heterocycles. The third kappa shape index (κ3) is 4.86. The van der Waals surface area contributed by atoms with Crippen LogP contribution in [0.5, 0.6) is 0 Å². The Hall–Kier alpha value is -2.76. The summed E-state index contributed by atoms with van der Waals surface area (Å²) in [7, 11) is -1.89. The maximum atomic E-state index is 12.7. The van der Waals surface area contributed by atoms with Gasteiger partial charge in [0.1, 0.15) is 0 Å². The Labute approximate surface area is 182 Å². The van der Waals surface area contributed by atoms with E-state index >= 15 is 0 Å². The standard InChI is InChI=1S/C17H17Cl2N7O3S/c1-9(23-15(27)10-4-11(18)6-13(5-10)30(3,28)29)14-24-16(20-2)25-26(14)17-21-7-12(19)8-22-17/h4-9H,1-3H3,(H,20,25)(H,23,27)/t9-/m0/s1. The molecule has 0 saturated heterocycles. The highest BCUT2D eigenvalue weighted by Gasteiger charge is 2.22. The molecule has 0 aliphatic rings. The van der Waals surface area contributed by atoms with Crippen LogP contribution in [0.3, 0.4) is 0 Å². The van der Waals surface area contributed by atoms with E-state index in [-0.39, 0.29) is 21.4 Å². The monoisotopic (exact) mass is 469 g/mol. The summed E-state index contributed by atoms with van der Waals surface area (Å²) in [6.07, 6.45) is 3.86. The summed E-state index contributed by atoms with van der Waals surface area (Å²) in [6.45, 7) is 1.69. The first-order chi connectivity index (χ1) is 14.1. The maximum Gasteiger partial charge on any atom is 0.252 e. The van der Waals surface area contributed by atoms with Gasteiger partial charge in [-0.2, -0.15) is 9.67 Å². The van der Waals surface area contributed by atoms with Gasteiger partial charge in [0, 0.05) is 23.9 Å². The number of nitrogens with one attached hydrogen (secondary N) is 2. The minimum absolute atomic E-state index is 0.0528. The van der Waals surface area contributed by atoms with E-state index in [0.29, 0.717) is 16.8 Å². The third-order valence-electron chi connectivity index (χ3n) is 3.95. The molecule has 1 aromatic carbocycles. The number of rotatable bonds is 6. The molecule has 0 bridgehead atoms. The number of carbonyl (C=O) groups excluding carboxylic acids is 1. The lowest BCUT2D eigenvalue weighted by Gasteiger charge is -2.14. The first-order valence-corrected chi connectivity index (χ1v) is 11.2. The predicted octanol–water partition coefficient (Wildman–Crippen LogP) is 2.30. The van der Waals surface area contributed by atoms with Gasteiger partial charge < -0.3 is 10.6 Å². The number of carbonyl (C=O) groups is 1. The van der Waals surface area contributed by atoms with E-state index in [0.717, 1.165) is 6.26 Å². The van der Waals surface area contributed by atoms with Gasteiger partial charge in [0.25, 0.3) is 11.9 Å². The smallest absolute Gasteiger partial charge is 0.252 e. The Bertz CT molecular complexity index is 1200. The minimum Gasteiger partial charge on any atom is -0.356 e. The van der Waals surface area contributed by atoms with Crippen LogP contribution in [0.25, 0.3) is 5.95 Å². The first-order valence-electron chi connectivity index (χ1n) is 8.52. The molecule has 3 rings (SSSR count). The van der Waals surface area contributed by atoms with Crippen molar-refractivity contribution < 1.29 is 13.2 Å². The SMILES string of the molecule is CNc1nc([C@H](C)NC(=O)c2cc(Cl)cc(S(C)(=O)=O)c2)n(-c2ncc(Cl)cn2)n1. The van der Waals surface area contributed by atoms with Crippen LogP contribution in [0.15, 0.2) is 35.5 Å². The van der Waals surface area contributed by atoms with Gasteiger partial charge in [-0.3, -0.25) is 4.79 Å². The van der Waals surface area contributed by atoms with E-state index in [1.807, 2.05) is 0 Å². The van der Waals surface area contributed by atoms with Gasteiger partial charge in [-0.05, 0) is 25.1 Å². The van der Waals surface area contributed by atoms with Crippen molar-refractivity contribution in [1.29, 1.82) is 0 Å². The van der Waals surface area contributed by atoms with E-state index < -0.39 is 21.8 Å². The van der Waals surface area contributed by atoms with E-state index in [2.05, 4.69) is 30.7 Å². The maximum absolute atomic E-state index is 12.7. The Kier molecular flexibility index (Phi) is 6.25. The molecule has 1 atom stereocenters. The molecule has 1 amide bonds. The molecule has 2 N–H and O–H groups in total. The van der Waals surface area contributed by atoms with Crippen LogP contribution in [0.4, 0.5) is 5.95 Å². The Morgan fingerprint density at radius 2 is 1.80 bits per heavy atom. The zero-order valence-corrected chi connectivity index (χ0v) is 18.4. The highest BCUT2D eigenvalue weighted by atomic mass is 35.5. The van der Waals surface area contributed by atoms with Crippen molar-refractivity contribution in [1.82, 2.24) is 30.0 Å². The van der Waals surface area contributed by atoms with Gasteiger partial charge in [-0.15, -0.1) is 5.10 Å². The summed E-state index contributed by atoms with van der Waals surface area (Å²) >= 11 is 11.8. The second-order valence-corrected chi connectivity index (χ2v) is 9.19. The normalized spacial score (nSPS) is 12.4. The third-order valence-corrected chi connectivity index (χ3v) is 5.45. The largest absolute Gasteiger partial charge is 0.356 e. The quantitative estimate of drug-likeness (QED) is 0.561. The lowest BCUT2D eigenvalue weighted by molar-refractivity contribution is 0.0937. The number of sulfone groups is 1. The number of hydrogen-bond acceptors (Lipinski definition) is 8. The average molecular weight is 470 g/mol. The molecule has 0 radical (unpaired) electrons. The molecule has 0 aliphatic heterocycles. The molecule has 0 spiro atoms. The number of anilines is 1. The summed E-state index contributed by atoms with van der Waals surface area (Å²) in [6, 6.07) is 3.29. The average Bonchev–Trinajstić information content (AvgIpc) is 3.12. The van der Waals surface area contributed by atoms with Crippen LogP contribution >= 0.6 is 23.2 Å². The van der Waals surface area contributed by atoms with E-state index in [4.69, 9.17) is 23.2 Å². The fourth-order valence-corrected chi connectivity index (χ4v) is 3.60. The lowest BCUT2D eigenvalue weighted by Crippen LogP contribution is -2.29. The topological polar surface area (TPSA) is 132 Å². The number of benzene rings is 1. The molecule has 10 nitrogen and oxygen atoms in total. The number of nitrogens with zero attached hydrogens (tertiary/aromatic N) is 5. The molecular formula is C17H17Cl2N7O3S. The fraction of sp³-hybridized carbons (Fsp3) is 0.235. The van der Waals surface area contributed by atoms with Crippen molar-refractivity contribution in [2.45, 2.75) is 17.9 Å². The number of aromatic nitrogens is 5. The molecule has 3 aromatic rings. The molecule has 13 heteroatoms. The van der Waals surface area contributed by atoms with E-state index in [1.54, 1.807) is 14.0 Å². The van der Waals surface area contributed by atoms with Crippen molar-refractivity contribution in [3.05, 3.63) is 52.0 Å². The lowest BCUT2D eigenvalue weighted by atomic mass is 10.2. The van der Waals surface area contributed by atoms with Gasteiger partial charge in [0.2, 0.25) is 5.95 Å². The minimum atomic E-state index is -3.53. The summed E-state index contributed by atoms with van der Waals surface area (Å²) < 4.78 is 25.0. The summed E-state index contributed by atoms with van der Waals surface area (Å²) in [5, 5.41) is 10.3. The summed E-state index contributed by atoms with van der Waals surface area (Å²) in [5.74, 6) is 0.325. The van der Waals surface area contributed by atoms with Crippen molar-refractivity contribution in [2.24, 2.45) is 0 Å². The first kappa shape index (κ1) is 21.9. The van der Waals surface area contributed by atoms with Crippen molar-refractivity contribution in [3.63, 3.8) is 0 Å². The summed E-state index contributed by atoms with van der Waals surface area (Å²) in [5.41, 5.74) is 0.0948. The van der Waals surface area contributed by atoms with Gasteiger partial charge >= 0.3 is 0 Å². The van der Waals surface area contributed by atoms with Crippen molar-refractivity contribution in [2.75, 3.05) is 18.6 Å². The highest BCUT2D eigenvalue weighted by molar-refractivity contribution is 7.90. The zero-order chi connectivity index (χ0) is 22.1.